The van der Waals surface area contributed by atoms with Gasteiger partial charge in [0.2, 0.25) is 0 Å². The van der Waals surface area contributed by atoms with Gasteiger partial charge in [-0.15, -0.1) is 0 Å². The minimum atomic E-state index is -0.536. The van der Waals surface area contributed by atoms with Crippen LogP contribution in [0.25, 0.3) is 0 Å². The fourth-order valence-electron chi connectivity index (χ4n) is 1.63. The molecule has 1 heterocycles. The van der Waals surface area contributed by atoms with Crippen LogP contribution in [0.4, 0.5) is 20.6 Å². The second-order valence-electron chi connectivity index (χ2n) is 3.73. The maximum atomic E-state index is 13.4. The molecule has 5 nitrogen and oxygen atoms in total. The van der Waals surface area contributed by atoms with Gasteiger partial charge >= 0.3 is 6.03 Å². The molecular weight excluding hydrogens is 225 g/mol. The number of carbonyl (C=O) groups is 1. The minimum absolute atomic E-state index is 0.0315. The van der Waals surface area contributed by atoms with E-state index in [9.17, 15) is 9.18 Å². The summed E-state index contributed by atoms with van der Waals surface area (Å²) in [5.41, 5.74) is 5.85. The Hall–Kier alpha value is -1.82. The van der Waals surface area contributed by atoms with Gasteiger partial charge in [0, 0.05) is 13.1 Å². The van der Waals surface area contributed by atoms with Gasteiger partial charge < -0.3 is 20.7 Å². The van der Waals surface area contributed by atoms with Crippen LogP contribution in [0.3, 0.4) is 0 Å². The molecule has 1 aliphatic heterocycles. The highest BCUT2D eigenvalue weighted by Crippen LogP contribution is 2.22. The highest BCUT2D eigenvalue weighted by atomic mass is 19.1. The highest BCUT2D eigenvalue weighted by molar-refractivity contribution is 5.92. The van der Waals surface area contributed by atoms with E-state index in [1.165, 1.54) is 18.2 Å². The molecule has 0 bridgehead atoms. The maximum Gasteiger partial charge on any atom is 0.322 e. The van der Waals surface area contributed by atoms with E-state index in [-0.39, 0.29) is 17.4 Å². The standard InChI is InChI=1S/C11H14FN3O2/c12-8-2-1-3-9(13)10(8)14-11(16)15-4-6-17-7-5-15/h1-3H,4-7,13H2,(H,14,16). The summed E-state index contributed by atoms with van der Waals surface area (Å²) < 4.78 is 18.6. The average Bonchev–Trinajstić information content (AvgIpc) is 2.35. The van der Waals surface area contributed by atoms with Crippen molar-refractivity contribution >= 4 is 17.4 Å². The first kappa shape index (κ1) is 11.7. The van der Waals surface area contributed by atoms with Crippen LogP contribution < -0.4 is 11.1 Å². The number of nitrogen functional groups attached to an aromatic ring is 1. The van der Waals surface area contributed by atoms with Gasteiger partial charge in [-0.1, -0.05) is 6.07 Å². The van der Waals surface area contributed by atoms with Crippen molar-refractivity contribution in [3.8, 4) is 0 Å². The molecule has 1 aliphatic rings. The first-order valence-electron chi connectivity index (χ1n) is 5.36. The zero-order valence-electron chi connectivity index (χ0n) is 9.28. The third-order valence-electron chi connectivity index (χ3n) is 2.58. The molecule has 17 heavy (non-hydrogen) atoms. The van der Waals surface area contributed by atoms with Crippen molar-refractivity contribution in [2.75, 3.05) is 37.4 Å². The van der Waals surface area contributed by atoms with E-state index in [0.29, 0.717) is 26.3 Å². The second kappa shape index (κ2) is 5.01. The Morgan fingerprint density at radius 3 is 2.76 bits per heavy atom. The number of nitrogens with two attached hydrogens (primary N) is 1. The van der Waals surface area contributed by atoms with Gasteiger partial charge in [0.15, 0.2) is 0 Å². The molecule has 1 fully saturated rings. The SMILES string of the molecule is Nc1cccc(F)c1NC(=O)N1CCOCC1. The Labute approximate surface area is 98.3 Å². The molecule has 2 amide bonds. The molecule has 0 atom stereocenters. The lowest BCUT2D eigenvalue weighted by Crippen LogP contribution is -2.43. The van der Waals surface area contributed by atoms with Gasteiger partial charge in [0.05, 0.1) is 18.9 Å². The fraction of sp³-hybridized carbons (Fsp3) is 0.364. The quantitative estimate of drug-likeness (QED) is 0.725. The van der Waals surface area contributed by atoms with E-state index in [1.807, 2.05) is 0 Å². The highest BCUT2D eigenvalue weighted by Gasteiger charge is 2.18. The van der Waals surface area contributed by atoms with Gasteiger partial charge in [-0.25, -0.2) is 9.18 Å². The number of anilines is 2. The largest absolute Gasteiger partial charge is 0.397 e. The van der Waals surface area contributed by atoms with Gasteiger partial charge in [0.25, 0.3) is 0 Å². The molecule has 6 heteroatoms. The predicted molar refractivity (Wildman–Crippen MR) is 62.2 cm³/mol. The smallest absolute Gasteiger partial charge is 0.322 e. The van der Waals surface area contributed by atoms with Crippen LogP contribution in [0.1, 0.15) is 0 Å². The van der Waals surface area contributed by atoms with Gasteiger partial charge in [-0.3, -0.25) is 0 Å². The normalized spacial score (nSPS) is 15.7. The number of rotatable bonds is 1. The second-order valence-corrected chi connectivity index (χ2v) is 3.73. The van der Waals surface area contributed by atoms with E-state index >= 15 is 0 Å². The summed E-state index contributed by atoms with van der Waals surface area (Å²) in [7, 11) is 0. The lowest BCUT2D eigenvalue weighted by Gasteiger charge is -2.27. The molecule has 0 radical (unpaired) electrons. The topological polar surface area (TPSA) is 67.6 Å². The summed E-state index contributed by atoms with van der Waals surface area (Å²) in [6.07, 6.45) is 0. The third-order valence-corrected chi connectivity index (χ3v) is 2.58. The third kappa shape index (κ3) is 2.65. The average molecular weight is 239 g/mol. The summed E-state index contributed by atoms with van der Waals surface area (Å²) >= 11 is 0. The van der Waals surface area contributed by atoms with Crippen LogP contribution in [-0.2, 0) is 4.74 Å². The Morgan fingerprint density at radius 2 is 2.12 bits per heavy atom. The molecule has 0 spiro atoms. The van der Waals surface area contributed by atoms with Crippen molar-refractivity contribution in [3.63, 3.8) is 0 Å². The number of carbonyl (C=O) groups excluding carboxylic acids is 1. The van der Waals surface area contributed by atoms with Crippen molar-refractivity contribution in [2.45, 2.75) is 0 Å². The summed E-state index contributed by atoms with van der Waals surface area (Å²) in [5, 5.41) is 2.48. The molecule has 0 saturated carbocycles. The summed E-state index contributed by atoms with van der Waals surface area (Å²) in [5.74, 6) is -0.536. The summed E-state index contributed by atoms with van der Waals surface area (Å²) in [6, 6.07) is 3.93. The molecule has 1 aromatic rings. The van der Waals surface area contributed by atoms with E-state index in [4.69, 9.17) is 10.5 Å². The number of urea groups is 1. The molecule has 92 valence electrons. The van der Waals surface area contributed by atoms with E-state index in [1.54, 1.807) is 4.90 Å². The number of hydrogen-bond acceptors (Lipinski definition) is 3. The van der Waals surface area contributed by atoms with Crippen molar-refractivity contribution in [1.29, 1.82) is 0 Å². The molecule has 3 N–H and O–H groups in total. The number of halogens is 1. The van der Waals surface area contributed by atoms with Crippen molar-refractivity contribution < 1.29 is 13.9 Å². The molecule has 0 aliphatic carbocycles. The monoisotopic (exact) mass is 239 g/mol. The lowest BCUT2D eigenvalue weighted by molar-refractivity contribution is 0.0564. The first-order valence-corrected chi connectivity index (χ1v) is 5.36. The van der Waals surface area contributed by atoms with Crippen molar-refractivity contribution in [2.24, 2.45) is 0 Å². The minimum Gasteiger partial charge on any atom is -0.397 e. The molecule has 0 unspecified atom stereocenters. The van der Waals surface area contributed by atoms with E-state index < -0.39 is 5.82 Å². The number of ether oxygens (including phenoxy) is 1. The van der Waals surface area contributed by atoms with Crippen LogP contribution >= 0.6 is 0 Å². The van der Waals surface area contributed by atoms with Crippen molar-refractivity contribution in [3.05, 3.63) is 24.0 Å². The molecule has 1 aromatic carbocycles. The van der Waals surface area contributed by atoms with Crippen molar-refractivity contribution in [1.82, 2.24) is 4.90 Å². The summed E-state index contributed by atoms with van der Waals surface area (Å²) in [6.45, 7) is 2.00. The number of nitrogens with one attached hydrogen (secondary N) is 1. The van der Waals surface area contributed by atoms with Gasteiger partial charge in [-0.2, -0.15) is 0 Å². The van der Waals surface area contributed by atoms with Crippen LogP contribution in [0.15, 0.2) is 18.2 Å². The lowest BCUT2D eigenvalue weighted by atomic mass is 10.2. The fourth-order valence-corrected chi connectivity index (χ4v) is 1.63. The number of hydrogen-bond donors (Lipinski definition) is 2. The van der Waals surface area contributed by atoms with Crippen LogP contribution in [0, 0.1) is 5.82 Å². The summed E-state index contributed by atoms with van der Waals surface area (Å²) in [4.78, 5) is 13.4. The van der Waals surface area contributed by atoms with Crippen LogP contribution in [0.5, 0.6) is 0 Å². The predicted octanol–water partition coefficient (Wildman–Crippen LogP) is 1.27. The first-order chi connectivity index (χ1) is 8.18. The Balaban J connectivity index is 2.07. The van der Waals surface area contributed by atoms with E-state index in [0.717, 1.165) is 0 Å². The Bertz CT molecular complexity index is 399. The van der Waals surface area contributed by atoms with Crippen LogP contribution in [0.2, 0.25) is 0 Å². The number of benzene rings is 1. The Kier molecular flexibility index (Phi) is 3.43. The maximum absolute atomic E-state index is 13.4. The molecular formula is C11H14FN3O2. The molecule has 0 aromatic heterocycles. The number of nitrogens with zero attached hydrogens (tertiary/aromatic N) is 1. The molecule has 2 rings (SSSR count). The zero-order valence-corrected chi connectivity index (χ0v) is 9.28. The van der Waals surface area contributed by atoms with Gasteiger partial charge in [0.1, 0.15) is 11.5 Å². The number of morpholine rings is 1. The van der Waals surface area contributed by atoms with Crippen LogP contribution in [-0.4, -0.2) is 37.2 Å². The zero-order chi connectivity index (χ0) is 12.3. The molecule has 1 saturated heterocycles. The number of amides is 2. The van der Waals surface area contributed by atoms with E-state index in [2.05, 4.69) is 5.32 Å². The number of para-hydroxylation sites is 1. The van der Waals surface area contributed by atoms with Gasteiger partial charge in [-0.05, 0) is 12.1 Å². The Morgan fingerprint density at radius 1 is 1.41 bits per heavy atom.